The van der Waals surface area contributed by atoms with Crippen molar-refractivity contribution in [2.24, 2.45) is 0 Å². The fourth-order valence-corrected chi connectivity index (χ4v) is 4.05. The Labute approximate surface area is 175 Å². The Morgan fingerprint density at radius 2 is 1.69 bits per heavy atom. The molecule has 0 heterocycles. The molecular formula is C21H20BrF3N2O2. The molecule has 2 aromatic carbocycles. The Morgan fingerprint density at radius 3 is 2.28 bits per heavy atom. The van der Waals surface area contributed by atoms with Crippen molar-refractivity contribution in [1.82, 2.24) is 5.32 Å². The molecule has 2 N–H and O–H groups in total. The summed E-state index contributed by atoms with van der Waals surface area (Å²) in [5.41, 5.74) is 0.912. The van der Waals surface area contributed by atoms with E-state index >= 15 is 0 Å². The number of amides is 2. The highest BCUT2D eigenvalue weighted by Gasteiger charge is 2.42. The van der Waals surface area contributed by atoms with E-state index < -0.39 is 24.0 Å². The maximum Gasteiger partial charge on any atom is 0.405 e. The van der Waals surface area contributed by atoms with Crippen LogP contribution in [0.4, 0.5) is 18.9 Å². The minimum Gasteiger partial charge on any atom is -0.343 e. The molecule has 3 rings (SSSR count). The summed E-state index contributed by atoms with van der Waals surface area (Å²) >= 11 is 3.46. The van der Waals surface area contributed by atoms with Crippen LogP contribution in [0.3, 0.4) is 0 Å². The summed E-state index contributed by atoms with van der Waals surface area (Å²) in [6.07, 6.45) is -1.07. The molecule has 1 fully saturated rings. The first-order chi connectivity index (χ1) is 13.7. The van der Waals surface area contributed by atoms with Gasteiger partial charge < -0.3 is 10.6 Å². The minimum absolute atomic E-state index is 0.0924. The zero-order chi connectivity index (χ0) is 21.1. The van der Waals surface area contributed by atoms with E-state index in [1.54, 1.807) is 0 Å². The average molecular weight is 469 g/mol. The van der Waals surface area contributed by atoms with Crippen LogP contribution in [-0.2, 0) is 10.2 Å². The van der Waals surface area contributed by atoms with Gasteiger partial charge in [-0.1, -0.05) is 40.9 Å². The van der Waals surface area contributed by atoms with E-state index in [0.717, 1.165) is 35.7 Å². The summed E-state index contributed by atoms with van der Waals surface area (Å²) in [6.45, 7) is -1.39. The second-order valence-electron chi connectivity index (χ2n) is 7.13. The van der Waals surface area contributed by atoms with Gasteiger partial charge in [-0.05, 0) is 54.8 Å². The molecule has 0 spiro atoms. The molecule has 0 atom stereocenters. The second kappa shape index (κ2) is 8.57. The Bertz CT molecular complexity index is 892. The van der Waals surface area contributed by atoms with E-state index in [2.05, 4.69) is 21.2 Å². The van der Waals surface area contributed by atoms with Gasteiger partial charge in [-0.15, -0.1) is 0 Å². The number of hydrogen-bond acceptors (Lipinski definition) is 2. The van der Waals surface area contributed by atoms with Crippen molar-refractivity contribution in [2.45, 2.75) is 37.3 Å². The van der Waals surface area contributed by atoms with Crippen LogP contribution in [0.5, 0.6) is 0 Å². The second-order valence-corrected chi connectivity index (χ2v) is 8.04. The molecule has 1 saturated carbocycles. The van der Waals surface area contributed by atoms with Crippen LogP contribution in [0.25, 0.3) is 0 Å². The standard InChI is InChI=1S/C21H20BrF3N2O2/c22-16-5-3-4-15(12-16)20(10-1-2-11-20)19(29)27-17-8-6-14(7-9-17)18(28)26-13-21(23,24)25/h3-9,12H,1-2,10-11,13H2,(H,26,28)(H,27,29). The fraction of sp³-hybridized carbons (Fsp3) is 0.333. The smallest absolute Gasteiger partial charge is 0.343 e. The lowest BCUT2D eigenvalue weighted by atomic mass is 9.78. The largest absolute Gasteiger partial charge is 0.405 e. The van der Waals surface area contributed by atoms with Gasteiger partial charge in [0.2, 0.25) is 5.91 Å². The Hall–Kier alpha value is -2.35. The van der Waals surface area contributed by atoms with Crippen molar-refractivity contribution in [3.63, 3.8) is 0 Å². The van der Waals surface area contributed by atoms with Crippen molar-refractivity contribution in [3.05, 3.63) is 64.1 Å². The normalized spacial score (nSPS) is 15.7. The third kappa shape index (κ3) is 5.18. The molecule has 1 aliphatic rings. The van der Waals surface area contributed by atoms with Gasteiger partial charge in [-0.25, -0.2) is 0 Å². The number of halogens is 4. The van der Waals surface area contributed by atoms with Gasteiger partial charge in [0.05, 0.1) is 5.41 Å². The Morgan fingerprint density at radius 1 is 1.03 bits per heavy atom. The van der Waals surface area contributed by atoms with Crippen molar-refractivity contribution in [2.75, 3.05) is 11.9 Å². The topological polar surface area (TPSA) is 58.2 Å². The van der Waals surface area contributed by atoms with Crippen LogP contribution in [0, 0.1) is 0 Å². The first kappa shape index (κ1) is 21.4. The molecule has 0 aliphatic heterocycles. The fourth-order valence-electron chi connectivity index (χ4n) is 3.65. The van der Waals surface area contributed by atoms with Gasteiger partial charge >= 0.3 is 6.18 Å². The molecule has 2 aromatic rings. The zero-order valence-corrected chi connectivity index (χ0v) is 17.1. The molecule has 29 heavy (non-hydrogen) atoms. The lowest BCUT2D eigenvalue weighted by Crippen LogP contribution is -2.38. The molecule has 1 aliphatic carbocycles. The number of benzene rings is 2. The number of alkyl halides is 3. The van der Waals surface area contributed by atoms with Crippen molar-refractivity contribution in [3.8, 4) is 0 Å². The highest BCUT2D eigenvalue weighted by atomic mass is 79.9. The molecule has 0 saturated heterocycles. The summed E-state index contributed by atoms with van der Waals surface area (Å²) in [5, 5.41) is 4.72. The molecule has 0 unspecified atom stereocenters. The highest BCUT2D eigenvalue weighted by Crippen LogP contribution is 2.42. The number of carbonyl (C=O) groups excluding carboxylic acids is 2. The lowest BCUT2D eigenvalue weighted by Gasteiger charge is -2.28. The van der Waals surface area contributed by atoms with Crippen LogP contribution in [0.1, 0.15) is 41.6 Å². The van der Waals surface area contributed by atoms with Gasteiger partial charge in [-0.2, -0.15) is 13.2 Å². The molecule has 0 radical (unpaired) electrons. The molecule has 154 valence electrons. The van der Waals surface area contributed by atoms with Crippen molar-refractivity contribution >= 4 is 33.4 Å². The van der Waals surface area contributed by atoms with Crippen LogP contribution >= 0.6 is 15.9 Å². The summed E-state index contributed by atoms with van der Waals surface area (Å²) in [6, 6.07) is 13.5. The molecule has 0 aromatic heterocycles. The number of carbonyl (C=O) groups is 2. The van der Waals surface area contributed by atoms with Crippen molar-refractivity contribution in [1.29, 1.82) is 0 Å². The monoisotopic (exact) mass is 468 g/mol. The van der Waals surface area contributed by atoms with Gasteiger partial charge in [0.1, 0.15) is 6.54 Å². The minimum atomic E-state index is -4.47. The van der Waals surface area contributed by atoms with E-state index in [1.165, 1.54) is 24.3 Å². The van der Waals surface area contributed by atoms with Crippen LogP contribution in [-0.4, -0.2) is 24.5 Å². The van der Waals surface area contributed by atoms with Crippen LogP contribution in [0.2, 0.25) is 0 Å². The van der Waals surface area contributed by atoms with E-state index in [-0.39, 0.29) is 11.5 Å². The summed E-state index contributed by atoms with van der Waals surface area (Å²) < 4.78 is 37.6. The molecule has 4 nitrogen and oxygen atoms in total. The molecule has 0 bridgehead atoms. The lowest BCUT2D eigenvalue weighted by molar-refractivity contribution is -0.123. The van der Waals surface area contributed by atoms with E-state index in [9.17, 15) is 22.8 Å². The molecular weight excluding hydrogens is 449 g/mol. The molecule has 8 heteroatoms. The highest BCUT2D eigenvalue weighted by molar-refractivity contribution is 9.10. The summed E-state index contributed by atoms with van der Waals surface area (Å²) in [7, 11) is 0. The van der Waals surface area contributed by atoms with Gasteiger partial charge in [-0.3, -0.25) is 9.59 Å². The predicted octanol–water partition coefficient (Wildman–Crippen LogP) is 5.19. The first-order valence-corrected chi connectivity index (χ1v) is 10.0. The Balaban J connectivity index is 1.72. The predicted molar refractivity (Wildman–Crippen MR) is 108 cm³/mol. The third-order valence-corrected chi connectivity index (χ3v) is 5.62. The van der Waals surface area contributed by atoms with E-state index in [1.807, 2.05) is 29.6 Å². The van der Waals surface area contributed by atoms with Crippen LogP contribution in [0.15, 0.2) is 53.0 Å². The van der Waals surface area contributed by atoms with E-state index in [0.29, 0.717) is 5.69 Å². The maximum atomic E-state index is 13.1. The maximum absolute atomic E-state index is 13.1. The van der Waals surface area contributed by atoms with Gasteiger partial charge in [0, 0.05) is 15.7 Å². The number of hydrogen-bond donors (Lipinski definition) is 2. The third-order valence-electron chi connectivity index (χ3n) is 5.12. The number of nitrogens with one attached hydrogen (secondary N) is 2. The van der Waals surface area contributed by atoms with Gasteiger partial charge in [0.15, 0.2) is 0 Å². The molecule has 2 amide bonds. The zero-order valence-electron chi connectivity index (χ0n) is 15.5. The SMILES string of the molecule is O=C(NCC(F)(F)F)c1ccc(NC(=O)C2(c3cccc(Br)c3)CCCC2)cc1. The number of rotatable bonds is 5. The average Bonchev–Trinajstić information content (AvgIpc) is 3.17. The van der Waals surface area contributed by atoms with Crippen molar-refractivity contribution < 1.29 is 22.8 Å². The summed E-state index contributed by atoms with van der Waals surface area (Å²) in [4.78, 5) is 24.9. The quantitative estimate of drug-likeness (QED) is 0.633. The first-order valence-electron chi connectivity index (χ1n) is 9.22. The number of anilines is 1. The Kier molecular flexibility index (Phi) is 6.31. The van der Waals surface area contributed by atoms with Crippen LogP contribution < -0.4 is 10.6 Å². The summed E-state index contributed by atoms with van der Waals surface area (Å²) in [5.74, 6) is -0.941. The van der Waals surface area contributed by atoms with E-state index in [4.69, 9.17) is 0 Å². The van der Waals surface area contributed by atoms with Gasteiger partial charge in [0.25, 0.3) is 5.91 Å².